The number of hydrogen-bond acceptors (Lipinski definition) is 3. The van der Waals surface area contributed by atoms with Crippen molar-refractivity contribution in [3.05, 3.63) is 71.6 Å². The molecule has 1 atom stereocenters. The maximum absolute atomic E-state index is 4.78. The van der Waals surface area contributed by atoms with Gasteiger partial charge in [0.1, 0.15) is 5.65 Å². The van der Waals surface area contributed by atoms with Crippen LogP contribution in [0.15, 0.2) is 60.3 Å². The topological polar surface area (TPSA) is 41.4 Å². The summed E-state index contributed by atoms with van der Waals surface area (Å²) in [6.07, 6.45) is 12.1. The number of allylic oxidation sites excluding steroid dienone is 4. The van der Waals surface area contributed by atoms with Gasteiger partial charge in [-0.05, 0) is 55.9 Å². The minimum absolute atomic E-state index is 0.128. The lowest BCUT2D eigenvalue weighted by Gasteiger charge is -2.17. The highest BCUT2D eigenvalue weighted by Gasteiger charge is 2.25. The van der Waals surface area contributed by atoms with E-state index in [1.165, 1.54) is 24.1 Å². The van der Waals surface area contributed by atoms with Gasteiger partial charge in [0.15, 0.2) is 0 Å². The third kappa shape index (κ3) is 4.18. The Kier molecular flexibility index (Phi) is 5.50. The van der Waals surface area contributed by atoms with Crippen molar-refractivity contribution in [1.29, 1.82) is 0 Å². The van der Waals surface area contributed by atoms with Gasteiger partial charge in [0.05, 0.1) is 5.69 Å². The second-order valence-corrected chi connectivity index (χ2v) is 7.20. The predicted octanol–water partition coefficient (Wildman–Crippen LogP) is 4.66. The van der Waals surface area contributed by atoms with Gasteiger partial charge in [-0.2, -0.15) is 0 Å². The molecule has 1 saturated carbocycles. The van der Waals surface area contributed by atoms with Crippen LogP contribution >= 0.6 is 0 Å². The van der Waals surface area contributed by atoms with E-state index in [2.05, 4.69) is 79.1 Å². The Balaban J connectivity index is 1.76. The molecule has 26 heavy (non-hydrogen) atoms. The van der Waals surface area contributed by atoms with Crippen molar-refractivity contribution in [1.82, 2.24) is 20.0 Å². The van der Waals surface area contributed by atoms with Crippen LogP contribution in [-0.2, 0) is 0 Å². The van der Waals surface area contributed by atoms with Crippen LogP contribution in [0, 0.1) is 12.8 Å². The average molecular weight is 351 g/mol. The highest BCUT2D eigenvalue weighted by molar-refractivity contribution is 5.44. The molecule has 2 aromatic heterocycles. The number of aryl methyl sites for hydroxylation is 1. The molecule has 4 heteroatoms. The number of pyridine rings is 1. The molecule has 1 unspecified atom stereocenters. The fourth-order valence-electron chi connectivity index (χ4n) is 3.11. The first-order valence-corrected chi connectivity index (χ1v) is 9.52. The van der Waals surface area contributed by atoms with Crippen LogP contribution in [0.3, 0.4) is 0 Å². The Bertz CT molecular complexity index is 852. The average Bonchev–Trinajstić information content (AvgIpc) is 3.37. The quantitative estimate of drug-likeness (QED) is 0.681. The summed E-state index contributed by atoms with van der Waals surface area (Å²) in [5.74, 6) is 0.817. The maximum atomic E-state index is 4.78. The van der Waals surface area contributed by atoms with E-state index in [-0.39, 0.29) is 5.92 Å². The Morgan fingerprint density at radius 3 is 2.88 bits per heavy atom. The lowest BCUT2D eigenvalue weighted by molar-refractivity contribution is 0.775. The van der Waals surface area contributed by atoms with Crippen LogP contribution in [0.5, 0.6) is 0 Å². The molecule has 0 bridgehead atoms. The minimum atomic E-state index is 0.128. The predicted molar refractivity (Wildman–Crippen MR) is 109 cm³/mol. The van der Waals surface area contributed by atoms with Crippen LogP contribution in [0.4, 0.5) is 0 Å². The number of imidazole rings is 1. The number of nitrogens with zero attached hydrogens (tertiary/aromatic N) is 2. The number of nitrogens with one attached hydrogen (secondary N) is 2. The molecular weight excluding hydrogens is 320 g/mol. The van der Waals surface area contributed by atoms with Crippen LogP contribution in [0.1, 0.15) is 50.3 Å². The molecule has 0 radical (unpaired) electrons. The van der Waals surface area contributed by atoms with Crippen LogP contribution in [0.25, 0.3) is 5.65 Å². The van der Waals surface area contributed by atoms with Crippen LogP contribution in [0.2, 0.25) is 0 Å². The van der Waals surface area contributed by atoms with Crippen molar-refractivity contribution in [2.75, 3.05) is 7.05 Å². The van der Waals surface area contributed by atoms with Crippen LogP contribution in [-0.4, -0.2) is 16.4 Å². The first kappa shape index (κ1) is 18.3. The van der Waals surface area contributed by atoms with E-state index in [9.17, 15) is 0 Å². The molecule has 4 nitrogen and oxygen atoms in total. The molecule has 3 rings (SSSR count). The molecule has 2 aromatic rings. The Labute approximate surface area is 156 Å². The van der Waals surface area contributed by atoms with E-state index in [0.717, 1.165) is 29.2 Å². The zero-order valence-corrected chi connectivity index (χ0v) is 16.3. The summed E-state index contributed by atoms with van der Waals surface area (Å²) in [4.78, 5) is 4.78. The summed E-state index contributed by atoms with van der Waals surface area (Å²) in [5, 5.41) is 6.87. The van der Waals surface area contributed by atoms with E-state index in [0.29, 0.717) is 5.92 Å². The molecule has 0 amide bonds. The summed E-state index contributed by atoms with van der Waals surface area (Å²) in [6.45, 7) is 10.7. The number of aromatic nitrogens is 2. The van der Waals surface area contributed by atoms with Gasteiger partial charge >= 0.3 is 0 Å². The molecule has 1 aliphatic carbocycles. The molecule has 1 aliphatic rings. The van der Waals surface area contributed by atoms with Gasteiger partial charge in [0.2, 0.25) is 0 Å². The highest BCUT2D eigenvalue weighted by Crippen LogP contribution is 2.35. The molecule has 0 spiro atoms. The second kappa shape index (κ2) is 7.81. The van der Waals surface area contributed by atoms with E-state index in [1.807, 2.05) is 7.05 Å². The fraction of sp³-hybridized carbons (Fsp3) is 0.409. The van der Waals surface area contributed by atoms with Gasteiger partial charge < -0.3 is 15.0 Å². The van der Waals surface area contributed by atoms with Crippen molar-refractivity contribution >= 4 is 5.65 Å². The summed E-state index contributed by atoms with van der Waals surface area (Å²) in [7, 11) is 2.00. The van der Waals surface area contributed by atoms with Crippen molar-refractivity contribution < 1.29 is 0 Å². The molecule has 0 aromatic carbocycles. The van der Waals surface area contributed by atoms with Gasteiger partial charge in [0.25, 0.3) is 0 Å². The van der Waals surface area contributed by atoms with Gasteiger partial charge in [-0.15, -0.1) is 0 Å². The molecule has 1 fully saturated rings. The van der Waals surface area contributed by atoms with Crippen molar-refractivity contribution in [3.63, 3.8) is 0 Å². The van der Waals surface area contributed by atoms with E-state index < -0.39 is 0 Å². The van der Waals surface area contributed by atoms with Gasteiger partial charge in [-0.3, -0.25) is 0 Å². The number of fused-ring (bicyclic) bond motifs is 1. The molecule has 0 aliphatic heterocycles. The molecule has 2 heterocycles. The normalized spacial score (nSPS) is 16.6. The lowest BCUT2D eigenvalue weighted by Crippen LogP contribution is -2.18. The SMILES string of the molecule is C=C(NC(=C\CC)/C=C(\NC)C1CC1)C(C)c1cn2ccc(C)cc2n1. The third-order valence-corrected chi connectivity index (χ3v) is 4.95. The van der Waals surface area contributed by atoms with Gasteiger partial charge in [-0.1, -0.05) is 26.5 Å². The molecule has 2 N–H and O–H groups in total. The van der Waals surface area contributed by atoms with Gasteiger partial charge in [-0.25, -0.2) is 4.98 Å². The van der Waals surface area contributed by atoms with E-state index >= 15 is 0 Å². The summed E-state index contributed by atoms with van der Waals surface area (Å²) >= 11 is 0. The van der Waals surface area contributed by atoms with Crippen LogP contribution < -0.4 is 10.6 Å². The van der Waals surface area contributed by atoms with Crippen molar-refractivity contribution in [3.8, 4) is 0 Å². The summed E-state index contributed by atoms with van der Waals surface area (Å²) < 4.78 is 2.07. The van der Waals surface area contributed by atoms with Gasteiger partial charge in [0, 0.05) is 42.5 Å². The number of hydrogen-bond donors (Lipinski definition) is 2. The standard InChI is InChI=1S/C22H30N4/c1-6-7-19(13-20(23-5)18-8-9-18)24-17(4)16(3)21-14-26-11-10-15(2)12-22(26)25-21/h7,10-14,16,18,23-24H,4,6,8-9H2,1-3,5H3/b19-7-,20-13-. The first-order valence-electron chi connectivity index (χ1n) is 9.52. The Morgan fingerprint density at radius 1 is 1.46 bits per heavy atom. The zero-order valence-electron chi connectivity index (χ0n) is 16.3. The van der Waals surface area contributed by atoms with E-state index in [4.69, 9.17) is 4.98 Å². The first-order chi connectivity index (χ1) is 12.5. The smallest absolute Gasteiger partial charge is 0.137 e. The fourth-order valence-corrected chi connectivity index (χ4v) is 3.11. The largest absolute Gasteiger partial charge is 0.391 e. The molecule has 138 valence electrons. The molecule has 0 saturated heterocycles. The summed E-state index contributed by atoms with van der Waals surface area (Å²) in [6, 6.07) is 4.20. The highest BCUT2D eigenvalue weighted by atomic mass is 15.0. The third-order valence-electron chi connectivity index (χ3n) is 4.95. The monoisotopic (exact) mass is 350 g/mol. The number of rotatable bonds is 8. The second-order valence-electron chi connectivity index (χ2n) is 7.20. The Morgan fingerprint density at radius 2 is 2.23 bits per heavy atom. The molecular formula is C22H30N4. The minimum Gasteiger partial charge on any atom is -0.391 e. The summed E-state index contributed by atoms with van der Waals surface area (Å²) in [5.41, 5.74) is 6.62. The van der Waals surface area contributed by atoms with E-state index in [1.54, 1.807) is 0 Å². The van der Waals surface area contributed by atoms with Crippen molar-refractivity contribution in [2.24, 2.45) is 5.92 Å². The Hall–Kier alpha value is -2.49. The lowest BCUT2D eigenvalue weighted by atomic mass is 10.1. The van der Waals surface area contributed by atoms with Crippen molar-refractivity contribution in [2.45, 2.75) is 46.0 Å². The maximum Gasteiger partial charge on any atom is 0.137 e. The zero-order chi connectivity index (χ0) is 18.7.